The van der Waals surface area contributed by atoms with Crippen LogP contribution in [0.15, 0.2) is 18.2 Å². The summed E-state index contributed by atoms with van der Waals surface area (Å²) in [6, 6.07) is 3.90. The molecule has 18 heavy (non-hydrogen) atoms. The van der Waals surface area contributed by atoms with Crippen LogP contribution in [0.5, 0.6) is 0 Å². The maximum Gasteiger partial charge on any atom is 0.337 e. The zero-order valence-corrected chi connectivity index (χ0v) is 9.86. The van der Waals surface area contributed by atoms with Gasteiger partial charge in [-0.3, -0.25) is 0 Å². The van der Waals surface area contributed by atoms with Crippen LogP contribution in [0.3, 0.4) is 0 Å². The van der Waals surface area contributed by atoms with Crippen molar-refractivity contribution in [1.29, 1.82) is 0 Å². The van der Waals surface area contributed by atoms with Gasteiger partial charge in [0.1, 0.15) is 5.82 Å². The molecule has 1 aromatic rings. The van der Waals surface area contributed by atoms with Gasteiger partial charge in [0.2, 0.25) is 0 Å². The Morgan fingerprint density at radius 3 is 2.83 bits per heavy atom. The lowest BCUT2D eigenvalue weighted by atomic mass is 10.1. The summed E-state index contributed by atoms with van der Waals surface area (Å²) in [6.07, 6.45) is 0.591. The third-order valence-electron chi connectivity index (χ3n) is 2.25. The highest BCUT2D eigenvalue weighted by molar-refractivity contribution is 5.94. The van der Waals surface area contributed by atoms with E-state index in [1.165, 1.54) is 18.2 Å². The van der Waals surface area contributed by atoms with Crippen LogP contribution in [0.1, 0.15) is 16.8 Å². The first-order valence-electron chi connectivity index (χ1n) is 5.61. The number of hydrogen-bond acceptors (Lipinski definition) is 4. The van der Waals surface area contributed by atoms with Crippen molar-refractivity contribution in [3.05, 3.63) is 29.6 Å². The van der Waals surface area contributed by atoms with Crippen LogP contribution in [0.4, 0.5) is 10.1 Å². The predicted molar refractivity (Wildman–Crippen MR) is 64.4 cm³/mol. The van der Waals surface area contributed by atoms with Gasteiger partial charge in [0.25, 0.3) is 0 Å². The van der Waals surface area contributed by atoms with E-state index in [1.807, 2.05) is 0 Å². The van der Waals surface area contributed by atoms with Crippen molar-refractivity contribution in [3.63, 3.8) is 0 Å². The SMILES string of the molecule is O=C(O)c1cccc(F)c1NCCCOCCO. The lowest BCUT2D eigenvalue weighted by molar-refractivity contribution is 0.0697. The molecule has 5 nitrogen and oxygen atoms in total. The summed E-state index contributed by atoms with van der Waals surface area (Å²) >= 11 is 0. The number of carboxylic acid groups (broad SMARTS) is 1. The highest BCUT2D eigenvalue weighted by Gasteiger charge is 2.13. The van der Waals surface area contributed by atoms with E-state index in [0.717, 1.165) is 0 Å². The zero-order chi connectivity index (χ0) is 13.4. The van der Waals surface area contributed by atoms with Crippen molar-refractivity contribution in [2.75, 3.05) is 31.7 Å². The third-order valence-corrected chi connectivity index (χ3v) is 2.25. The number of carboxylic acids is 1. The number of aromatic carboxylic acids is 1. The van der Waals surface area contributed by atoms with Gasteiger partial charge in [-0.25, -0.2) is 9.18 Å². The molecule has 6 heteroatoms. The van der Waals surface area contributed by atoms with Gasteiger partial charge in [0, 0.05) is 13.2 Å². The number of aliphatic hydroxyl groups is 1. The lowest BCUT2D eigenvalue weighted by Crippen LogP contribution is -2.12. The molecule has 0 amide bonds. The number of anilines is 1. The van der Waals surface area contributed by atoms with Crippen LogP contribution in [-0.2, 0) is 4.74 Å². The Hall–Kier alpha value is -1.66. The molecule has 0 aliphatic carbocycles. The molecule has 0 saturated carbocycles. The van der Waals surface area contributed by atoms with Gasteiger partial charge in [-0.15, -0.1) is 0 Å². The van der Waals surface area contributed by atoms with Crippen LogP contribution < -0.4 is 5.32 Å². The first-order chi connectivity index (χ1) is 8.66. The molecule has 100 valence electrons. The lowest BCUT2D eigenvalue weighted by Gasteiger charge is -2.10. The number of hydrogen-bond donors (Lipinski definition) is 3. The summed E-state index contributed by atoms with van der Waals surface area (Å²) in [7, 11) is 0. The second kappa shape index (κ2) is 7.62. The van der Waals surface area contributed by atoms with E-state index in [2.05, 4.69) is 5.32 Å². The van der Waals surface area contributed by atoms with Gasteiger partial charge in [-0.05, 0) is 18.6 Å². The molecule has 3 N–H and O–H groups in total. The minimum absolute atomic E-state index is 0.00726. The molecule has 0 unspecified atom stereocenters. The van der Waals surface area contributed by atoms with Crippen molar-refractivity contribution >= 4 is 11.7 Å². The van der Waals surface area contributed by atoms with Crippen molar-refractivity contribution in [3.8, 4) is 0 Å². The number of para-hydroxylation sites is 1. The molecule has 0 aliphatic rings. The van der Waals surface area contributed by atoms with Crippen LogP contribution in [0, 0.1) is 5.82 Å². The number of ether oxygens (including phenoxy) is 1. The smallest absolute Gasteiger partial charge is 0.337 e. The Morgan fingerprint density at radius 2 is 2.17 bits per heavy atom. The summed E-state index contributed by atoms with van der Waals surface area (Å²) in [4.78, 5) is 10.9. The molecular weight excluding hydrogens is 241 g/mol. The average Bonchev–Trinajstić information content (AvgIpc) is 2.34. The minimum Gasteiger partial charge on any atom is -0.478 e. The topological polar surface area (TPSA) is 78.8 Å². The Balaban J connectivity index is 2.48. The molecule has 0 spiro atoms. The quantitative estimate of drug-likeness (QED) is 0.612. The maximum atomic E-state index is 13.5. The maximum absolute atomic E-state index is 13.5. The normalized spacial score (nSPS) is 10.3. The van der Waals surface area contributed by atoms with Gasteiger partial charge < -0.3 is 20.3 Å². The molecule has 0 fully saturated rings. The van der Waals surface area contributed by atoms with E-state index in [9.17, 15) is 9.18 Å². The first kappa shape index (κ1) is 14.4. The Morgan fingerprint density at radius 1 is 1.39 bits per heavy atom. The highest BCUT2D eigenvalue weighted by atomic mass is 19.1. The number of halogens is 1. The zero-order valence-electron chi connectivity index (χ0n) is 9.86. The van der Waals surface area contributed by atoms with E-state index in [1.54, 1.807) is 0 Å². The van der Waals surface area contributed by atoms with Crippen LogP contribution in [-0.4, -0.2) is 42.5 Å². The van der Waals surface area contributed by atoms with E-state index < -0.39 is 11.8 Å². The van der Waals surface area contributed by atoms with Gasteiger partial charge in [-0.1, -0.05) is 6.07 Å². The molecule has 1 aromatic carbocycles. The molecule has 0 radical (unpaired) electrons. The summed E-state index contributed by atoms with van der Waals surface area (Å²) in [5.74, 6) is -1.76. The van der Waals surface area contributed by atoms with Gasteiger partial charge in [0.05, 0.1) is 24.5 Å². The molecule has 0 heterocycles. The van der Waals surface area contributed by atoms with Crippen molar-refractivity contribution in [2.45, 2.75) is 6.42 Å². The molecule has 0 bridgehead atoms. The fourth-order valence-electron chi connectivity index (χ4n) is 1.44. The van der Waals surface area contributed by atoms with E-state index in [-0.39, 0.29) is 24.5 Å². The van der Waals surface area contributed by atoms with Crippen molar-refractivity contribution in [1.82, 2.24) is 0 Å². The highest BCUT2D eigenvalue weighted by Crippen LogP contribution is 2.19. The monoisotopic (exact) mass is 257 g/mol. The third kappa shape index (κ3) is 4.31. The fourth-order valence-corrected chi connectivity index (χ4v) is 1.44. The standard InChI is InChI=1S/C12H16FNO4/c13-10-4-1-3-9(12(16)17)11(10)14-5-2-7-18-8-6-15/h1,3-4,14-15H,2,5-8H2,(H,16,17). The Bertz CT molecular complexity index is 398. The molecule has 0 saturated heterocycles. The van der Waals surface area contributed by atoms with Gasteiger partial charge in [-0.2, -0.15) is 0 Å². The summed E-state index contributed by atoms with van der Waals surface area (Å²) in [5, 5.41) is 20.1. The second-order valence-corrected chi connectivity index (χ2v) is 3.58. The largest absolute Gasteiger partial charge is 0.478 e. The average molecular weight is 257 g/mol. The number of carbonyl (C=O) groups is 1. The van der Waals surface area contributed by atoms with Gasteiger partial charge in [0.15, 0.2) is 0 Å². The molecule has 0 aliphatic heterocycles. The summed E-state index contributed by atoms with van der Waals surface area (Å²) in [5.41, 5.74) is -0.0987. The molecule has 0 aromatic heterocycles. The molecular formula is C12H16FNO4. The number of aliphatic hydroxyl groups excluding tert-OH is 1. The van der Waals surface area contributed by atoms with E-state index in [4.69, 9.17) is 14.9 Å². The number of nitrogens with one attached hydrogen (secondary N) is 1. The van der Waals surface area contributed by atoms with Crippen LogP contribution in [0.25, 0.3) is 0 Å². The number of rotatable bonds is 8. The summed E-state index contributed by atoms with van der Waals surface area (Å²) < 4.78 is 18.5. The Kier molecular flexibility index (Phi) is 6.10. The van der Waals surface area contributed by atoms with Gasteiger partial charge >= 0.3 is 5.97 Å². The fraction of sp³-hybridized carbons (Fsp3) is 0.417. The number of benzene rings is 1. The van der Waals surface area contributed by atoms with Crippen LogP contribution in [0.2, 0.25) is 0 Å². The molecule has 0 atom stereocenters. The van der Waals surface area contributed by atoms with E-state index in [0.29, 0.717) is 19.6 Å². The van der Waals surface area contributed by atoms with Crippen molar-refractivity contribution in [2.24, 2.45) is 0 Å². The second-order valence-electron chi connectivity index (χ2n) is 3.58. The first-order valence-corrected chi connectivity index (χ1v) is 5.61. The molecule has 1 rings (SSSR count). The van der Waals surface area contributed by atoms with Crippen LogP contribution >= 0.6 is 0 Å². The summed E-state index contributed by atoms with van der Waals surface area (Å²) in [6.45, 7) is 1.04. The minimum atomic E-state index is -1.17. The van der Waals surface area contributed by atoms with Crippen molar-refractivity contribution < 1.29 is 24.1 Å². The van der Waals surface area contributed by atoms with E-state index >= 15 is 0 Å². The Labute approximate surface area is 104 Å². The predicted octanol–water partition coefficient (Wildman–Crippen LogP) is 1.33.